The Morgan fingerprint density at radius 3 is 2.67 bits per heavy atom. The molecule has 0 bridgehead atoms. The first-order chi connectivity index (χ1) is 16.0. The largest absolute Gasteiger partial charge is 0.449 e. The number of rotatable bonds is 9. The van der Waals surface area contributed by atoms with Crippen molar-refractivity contribution in [2.75, 3.05) is 13.2 Å². The molecule has 1 aliphatic carbocycles. The van der Waals surface area contributed by atoms with E-state index in [-0.39, 0.29) is 23.6 Å². The lowest BCUT2D eigenvalue weighted by molar-refractivity contribution is 0.0753. The van der Waals surface area contributed by atoms with Crippen LogP contribution in [0.2, 0.25) is 0 Å². The molecule has 4 rings (SSSR count). The summed E-state index contributed by atoms with van der Waals surface area (Å²) in [5.41, 5.74) is 2.37. The number of carbonyl (C=O) groups is 1. The fourth-order valence-corrected chi connectivity index (χ4v) is 4.33. The summed E-state index contributed by atoms with van der Waals surface area (Å²) in [6.07, 6.45) is 8.54. The van der Waals surface area contributed by atoms with Crippen LogP contribution in [0.15, 0.2) is 47.1 Å². The highest BCUT2D eigenvalue weighted by Gasteiger charge is 2.25. The fraction of sp³-hybridized carbons (Fsp3) is 0.462. The highest BCUT2D eigenvalue weighted by molar-refractivity contribution is 5.92. The number of aromatic nitrogens is 2. The standard InChI is InChI=1S/C26H32FN3O3/c1-18(2)32-16-6-15-28-26(31)23-14-13-22(33-23)25-24(19-9-11-20(27)12-10-19)29-17-30(25)21-7-4-3-5-8-21/h9-14,17-18,21H,3-8,15-16H2,1-2H3,(H,28,31). The van der Waals surface area contributed by atoms with E-state index in [1.165, 1.54) is 31.4 Å². The summed E-state index contributed by atoms with van der Waals surface area (Å²) in [5.74, 6) is 0.308. The van der Waals surface area contributed by atoms with Crippen molar-refractivity contribution in [1.29, 1.82) is 0 Å². The number of hydrogen-bond acceptors (Lipinski definition) is 4. The highest BCUT2D eigenvalue weighted by Crippen LogP contribution is 2.38. The lowest BCUT2D eigenvalue weighted by Crippen LogP contribution is -2.25. The maximum atomic E-state index is 13.5. The van der Waals surface area contributed by atoms with Gasteiger partial charge in [0.15, 0.2) is 11.5 Å². The van der Waals surface area contributed by atoms with Gasteiger partial charge in [-0.05, 0) is 69.5 Å². The minimum Gasteiger partial charge on any atom is -0.449 e. The van der Waals surface area contributed by atoms with E-state index < -0.39 is 0 Å². The van der Waals surface area contributed by atoms with Crippen LogP contribution in [0, 0.1) is 5.82 Å². The lowest BCUT2D eigenvalue weighted by atomic mass is 9.95. The lowest BCUT2D eigenvalue weighted by Gasteiger charge is -2.24. The molecule has 1 amide bonds. The molecule has 3 aromatic rings. The van der Waals surface area contributed by atoms with Crippen LogP contribution in [0.4, 0.5) is 4.39 Å². The number of benzene rings is 1. The van der Waals surface area contributed by atoms with Gasteiger partial charge in [0.2, 0.25) is 0 Å². The van der Waals surface area contributed by atoms with Crippen LogP contribution >= 0.6 is 0 Å². The van der Waals surface area contributed by atoms with E-state index in [9.17, 15) is 9.18 Å². The molecule has 0 atom stereocenters. The van der Waals surface area contributed by atoms with Crippen molar-refractivity contribution in [2.45, 2.75) is 64.5 Å². The van der Waals surface area contributed by atoms with Gasteiger partial charge in [0.25, 0.3) is 5.91 Å². The van der Waals surface area contributed by atoms with Crippen LogP contribution in [-0.2, 0) is 4.74 Å². The summed E-state index contributed by atoms with van der Waals surface area (Å²) >= 11 is 0. The summed E-state index contributed by atoms with van der Waals surface area (Å²) < 4.78 is 27.2. The third kappa shape index (κ3) is 5.71. The van der Waals surface area contributed by atoms with Crippen molar-refractivity contribution in [1.82, 2.24) is 14.9 Å². The number of halogens is 1. The van der Waals surface area contributed by atoms with Gasteiger partial charge < -0.3 is 19.0 Å². The molecule has 0 aliphatic heterocycles. The molecule has 1 N–H and O–H groups in total. The summed E-state index contributed by atoms with van der Waals surface area (Å²) in [7, 11) is 0. The van der Waals surface area contributed by atoms with Crippen LogP contribution in [0.5, 0.6) is 0 Å². The molecule has 1 fully saturated rings. The normalized spacial score (nSPS) is 14.7. The van der Waals surface area contributed by atoms with Gasteiger partial charge in [-0.2, -0.15) is 0 Å². The maximum Gasteiger partial charge on any atom is 0.287 e. The monoisotopic (exact) mass is 453 g/mol. The van der Waals surface area contributed by atoms with Crippen molar-refractivity contribution in [3.63, 3.8) is 0 Å². The topological polar surface area (TPSA) is 69.3 Å². The molecular formula is C26H32FN3O3. The van der Waals surface area contributed by atoms with Gasteiger partial charge in [-0.25, -0.2) is 9.37 Å². The summed E-state index contributed by atoms with van der Waals surface area (Å²) in [5, 5.41) is 2.89. The second-order valence-corrected chi connectivity index (χ2v) is 8.84. The second-order valence-electron chi connectivity index (χ2n) is 8.84. The van der Waals surface area contributed by atoms with Gasteiger partial charge in [-0.3, -0.25) is 4.79 Å². The van der Waals surface area contributed by atoms with Gasteiger partial charge in [0.05, 0.1) is 18.1 Å². The number of ether oxygens (including phenoxy) is 1. The van der Waals surface area contributed by atoms with Crippen molar-refractivity contribution in [3.05, 3.63) is 54.3 Å². The Hall–Kier alpha value is -2.93. The molecule has 0 spiro atoms. The first-order valence-corrected chi connectivity index (χ1v) is 11.9. The molecule has 6 nitrogen and oxygen atoms in total. The van der Waals surface area contributed by atoms with E-state index in [0.717, 1.165) is 36.2 Å². The zero-order chi connectivity index (χ0) is 23.2. The smallest absolute Gasteiger partial charge is 0.287 e. The van der Waals surface area contributed by atoms with Crippen molar-refractivity contribution < 1.29 is 18.3 Å². The summed E-state index contributed by atoms with van der Waals surface area (Å²) in [6, 6.07) is 10.2. The van der Waals surface area contributed by atoms with Crippen LogP contribution in [0.25, 0.3) is 22.7 Å². The van der Waals surface area contributed by atoms with Crippen LogP contribution in [0.3, 0.4) is 0 Å². The van der Waals surface area contributed by atoms with Crippen LogP contribution in [0.1, 0.15) is 69.0 Å². The Kier molecular flexibility index (Phi) is 7.60. The maximum absolute atomic E-state index is 13.5. The molecule has 0 saturated heterocycles. The van der Waals surface area contributed by atoms with Gasteiger partial charge in [0, 0.05) is 24.8 Å². The average Bonchev–Trinajstić information content (AvgIpc) is 3.47. The van der Waals surface area contributed by atoms with Crippen LogP contribution < -0.4 is 5.32 Å². The van der Waals surface area contributed by atoms with E-state index in [1.807, 2.05) is 26.2 Å². The second kappa shape index (κ2) is 10.8. The minimum atomic E-state index is -0.289. The predicted octanol–water partition coefficient (Wildman–Crippen LogP) is 6.00. The molecule has 1 saturated carbocycles. The Bertz CT molecular complexity index is 1050. The van der Waals surface area contributed by atoms with Gasteiger partial charge in [0.1, 0.15) is 11.5 Å². The van der Waals surface area contributed by atoms with Crippen LogP contribution in [-0.4, -0.2) is 34.7 Å². The quantitative estimate of drug-likeness (QED) is 0.404. The van der Waals surface area contributed by atoms with E-state index in [1.54, 1.807) is 18.2 Å². The SMILES string of the molecule is CC(C)OCCCNC(=O)c1ccc(-c2c(-c3ccc(F)cc3)ncn2C2CCCCC2)o1. The molecule has 7 heteroatoms. The Morgan fingerprint density at radius 2 is 1.94 bits per heavy atom. The zero-order valence-corrected chi connectivity index (χ0v) is 19.4. The van der Waals surface area contributed by atoms with Crippen molar-refractivity contribution in [2.24, 2.45) is 0 Å². The first-order valence-electron chi connectivity index (χ1n) is 11.9. The molecule has 2 aromatic heterocycles. The molecule has 0 radical (unpaired) electrons. The van der Waals surface area contributed by atoms with Crippen molar-refractivity contribution in [3.8, 4) is 22.7 Å². The number of nitrogens with one attached hydrogen (secondary N) is 1. The Labute approximate surface area is 194 Å². The first kappa shape index (κ1) is 23.2. The zero-order valence-electron chi connectivity index (χ0n) is 19.4. The molecular weight excluding hydrogens is 421 g/mol. The number of nitrogens with zero attached hydrogens (tertiary/aromatic N) is 2. The van der Waals surface area contributed by atoms with E-state index >= 15 is 0 Å². The fourth-order valence-electron chi connectivity index (χ4n) is 4.33. The Balaban J connectivity index is 1.57. The molecule has 176 valence electrons. The number of hydrogen-bond donors (Lipinski definition) is 1. The Morgan fingerprint density at radius 1 is 1.18 bits per heavy atom. The third-order valence-corrected chi connectivity index (χ3v) is 6.00. The number of furan rings is 1. The third-order valence-electron chi connectivity index (χ3n) is 6.00. The highest BCUT2D eigenvalue weighted by atomic mass is 19.1. The minimum absolute atomic E-state index is 0.178. The molecule has 2 heterocycles. The molecule has 1 aliphatic rings. The van der Waals surface area contributed by atoms with Gasteiger partial charge >= 0.3 is 0 Å². The summed E-state index contributed by atoms with van der Waals surface area (Å²) in [4.78, 5) is 17.3. The molecule has 1 aromatic carbocycles. The predicted molar refractivity (Wildman–Crippen MR) is 125 cm³/mol. The average molecular weight is 454 g/mol. The van der Waals surface area contributed by atoms with E-state index in [0.29, 0.717) is 25.0 Å². The number of imidazole rings is 1. The van der Waals surface area contributed by atoms with Crippen molar-refractivity contribution >= 4 is 5.91 Å². The van der Waals surface area contributed by atoms with Gasteiger partial charge in [-0.1, -0.05) is 19.3 Å². The molecule has 33 heavy (non-hydrogen) atoms. The molecule has 0 unspecified atom stereocenters. The van der Waals surface area contributed by atoms with Gasteiger partial charge in [-0.15, -0.1) is 0 Å². The van der Waals surface area contributed by atoms with E-state index in [4.69, 9.17) is 9.15 Å². The van der Waals surface area contributed by atoms with E-state index in [2.05, 4.69) is 14.9 Å². The number of amides is 1. The number of carbonyl (C=O) groups excluding carboxylic acids is 1. The summed E-state index contributed by atoms with van der Waals surface area (Å²) in [6.45, 7) is 5.09.